The van der Waals surface area contributed by atoms with Crippen LogP contribution in [0.3, 0.4) is 0 Å². The molecule has 1 saturated heterocycles. The Morgan fingerprint density at radius 2 is 2.33 bits per heavy atom. The molecule has 2 aromatic heterocycles. The van der Waals surface area contributed by atoms with E-state index in [0.29, 0.717) is 11.6 Å². The van der Waals surface area contributed by atoms with Gasteiger partial charge < -0.3 is 9.47 Å². The second kappa shape index (κ2) is 4.24. The van der Waals surface area contributed by atoms with Gasteiger partial charge >= 0.3 is 0 Å². The molecule has 2 aromatic rings. The van der Waals surface area contributed by atoms with Crippen LogP contribution < -0.4 is 0 Å². The zero-order chi connectivity index (χ0) is 12.7. The van der Waals surface area contributed by atoms with Crippen LogP contribution in [0.4, 0.5) is 0 Å². The standard InChI is InChI=1S/C12H13ClN4O/c1-16-9(2-3-11(16)18)7-17-5-4-8-6-10(13)14-15-12(8)17/h4-6,9H,2-3,7H2,1H3. The highest BCUT2D eigenvalue weighted by molar-refractivity contribution is 6.29. The fourth-order valence-electron chi connectivity index (χ4n) is 2.41. The summed E-state index contributed by atoms with van der Waals surface area (Å²) in [5.74, 6) is 0.214. The molecular weight excluding hydrogens is 252 g/mol. The van der Waals surface area contributed by atoms with Gasteiger partial charge in [-0.15, -0.1) is 10.2 Å². The van der Waals surface area contributed by atoms with Crippen molar-refractivity contribution in [2.45, 2.75) is 25.4 Å². The van der Waals surface area contributed by atoms with Crippen molar-refractivity contribution in [3.8, 4) is 0 Å². The first-order valence-electron chi connectivity index (χ1n) is 5.89. The van der Waals surface area contributed by atoms with E-state index in [9.17, 15) is 4.79 Å². The average Bonchev–Trinajstić information content (AvgIpc) is 2.88. The number of nitrogens with zero attached hydrogens (tertiary/aromatic N) is 4. The Morgan fingerprint density at radius 1 is 1.50 bits per heavy atom. The normalized spacial score (nSPS) is 20.0. The first-order valence-corrected chi connectivity index (χ1v) is 6.26. The second-order valence-corrected chi connectivity index (χ2v) is 5.00. The third-order valence-corrected chi connectivity index (χ3v) is 3.70. The van der Waals surface area contributed by atoms with Crippen LogP contribution in [-0.4, -0.2) is 38.7 Å². The monoisotopic (exact) mass is 264 g/mol. The van der Waals surface area contributed by atoms with Gasteiger partial charge in [0.2, 0.25) is 5.91 Å². The maximum absolute atomic E-state index is 11.5. The number of carbonyl (C=O) groups excluding carboxylic acids is 1. The lowest BCUT2D eigenvalue weighted by Gasteiger charge is -2.20. The van der Waals surface area contributed by atoms with Gasteiger partial charge in [-0.1, -0.05) is 11.6 Å². The Labute approximate surface area is 109 Å². The molecule has 0 aliphatic carbocycles. The summed E-state index contributed by atoms with van der Waals surface area (Å²) in [5, 5.41) is 9.34. The summed E-state index contributed by atoms with van der Waals surface area (Å²) >= 11 is 5.80. The van der Waals surface area contributed by atoms with Crippen molar-refractivity contribution in [3.05, 3.63) is 23.5 Å². The molecule has 1 aliphatic heterocycles. The fourth-order valence-corrected chi connectivity index (χ4v) is 2.57. The summed E-state index contributed by atoms with van der Waals surface area (Å²) < 4.78 is 2.03. The molecule has 6 heteroatoms. The van der Waals surface area contributed by atoms with Crippen molar-refractivity contribution in [1.82, 2.24) is 19.7 Å². The molecule has 0 spiro atoms. The largest absolute Gasteiger partial charge is 0.341 e. The van der Waals surface area contributed by atoms with E-state index < -0.39 is 0 Å². The van der Waals surface area contributed by atoms with Crippen LogP contribution >= 0.6 is 11.6 Å². The highest BCUT2D eigenvalue weighted by atomic mass is 35.5. The van der Waals surface area contributed by atoms with E-state index in [0.717, 1.165) is 24.0 Å². The van der Waals surface area contributed by atoms with E-state index in [1.165, 1.54) is 0 Å². The number of aromatic nitrogens is 3. The molecule has 94 valence electrons. The summed E-state index contributed by atoms with van der Waals surface area (Å²) in [6.07, 6.45) is 3.50. The van der Waals surface area contributed by atoms with Crippen LogP contribution in [0.25, 0.3) is 11.0 Å². The van der Waals surface area contributed by atoms with Gasteiger partial charge in [-0.05, 0) is 18.6 Å². The molecule has 0 bridgehead atoms. The number of rotatable bonds is 2. The number of likely N-dealkylation sites (N-methyl/N-ethyl adjacent to an activating group) is 1. The van der Waals surface area contributed by atoms with Crippen molar-refractivity contribution >= 4 is 28.5 Å². The third kappa shape index (κ3) is 1.84. The number of hydrogen-bond acceptors (Lipinski definition) is 3. The number of halogens is 1. The molecule has 1 aliphatic rings. The number of hydrogen-bond donors (Lipinski definition) is 0. The van der Waals surface area contributed by atoms with Crippen molar-refractivity contribution < 1.29 is 4.79 Å². The molecule has 0 saturated carbocycles. The van der Waals surface area contributed by atoms with Crippen LogP contribution in [0.1, 0.15) is 12.8 Å². The van der Waals surface area contributed by atoms with Crippen LogP contribution in [0.2, 0.25) is 5.15 Å². The van der Waals surface area contributed by atoms with Crippen molar-refractivity contribution in [3.63, 3.8) is 0 Å². The van der Waals surface area contributed by atoms with Gasteiger partial charge in [-0.2, -0.15) is 0 Å². The van der Waals surface area contributed by atoms with Gasteiger partial charge in [0.15, 0.2) is 10.8 Å². The van der Waals surface area contributed by atoms with Gasteiger partial charge in [-0.25, -0.2) is 0 Å². The molecule has 1 atom stereocenters. The van der Waals surface area contributed by atoms with Crippen molar-refractivity contribution in [1.29, 1.82) is 0 Å². The summed E-state index contributed by atoms with van der Waals surface area (Å²) in [6, 6.07) is 4.00. The third-order valence-electron chi connectivity index (χ3n) is 3.52. The van der Waals surface area contributed by atoms with E-state index in [4.69, 9.17) is 11.6 Å². The van der Waals surface area contributed by atoms with E-state index in [-0.39, 0.29) is 11.9 Å². The minimum Gasteiger partial charge on any atom is -0.341 e. The number of likely N-dealkylation sites (tertiary alicyclic amines) is 1. The lowest BCUT2D eigenvalue weighted by Crippen LogP contribution is -2.32. The molecule has 1 fully saturated rings. The van der Waals surface area contributed by atoms with Gasteiger partial charge in [0, 0.05) is 37.6 Å². The predicted molar refractivity (Wildman–Crippen MR) is 68.3 cm³/mol. The number of amides is 1. The topological polar surface area (TPSA) is 51.0 Å². The Balaban J connectivity index is 1.89. The smallest absolute Gasteiger partial charge is 0.222 e. The lowest BCUT2D eigenvalue weighted by molar-refractivity contribution is -0.127. The maximum Gasteiger partial charge on any atom is 0.222 e. The number of fused-ring (bicyclic) bond motifs is 1. The first-order chi connectivity index (χ1) is 8.65. The summed E-state index contributed by atoms with van der Waals surface area (Å²) in [5.41, 5.74) is 0.812. The molecule has 18 heavy (non-hydrogen) atoms. The fraction of sp³-hybridized carbons (Fsp3) is 0.417. The quantitative estimate of drug-likeness (QED) is 0.830. The van der Waals surface area contributed by atoms with Crippen molar-refractivity contribution in [2.24, 2.45) is 0 Å². The van der Waals surface area contributed by atoms with Crippen LogP contribution in [0.15, 0.2) is 18.3 Å². The van der Waals surface area contributed by atoms with Crippen LogP contribution in [-0.2, 0) is 11.3 Å². The molecule has 5 nitrogen and oxygen atoms in total. The minimum absolute atomic E-state index is 0.214. The molecule has 3 heterocycles. The molecule has 1 unspecified atom stereocenters. The molecule has 1 amide bonds. The van der Waals surface area contributed by atoms with Gasteiger partial charge in [0.05, 0.1) is 0 Å². The first kappa shape index (κ1) is 11.5. The van der Waals surface area contributed by atoms with Gasteiger partial charge in [0.1, 0.15) is 0 Å². The highest BCUT2D eigenvalue weighted by Crippen LogP contribution is 2.21. The van der Waals surface area contributed by atoms with Crippen molar-refractivity contribution in [2.75, 3.05) is 7.05 Å². The predicted octanol–water partition coefficient (Wildman–Crippen LogP) is 1.71. The Kier molecular flexibility index (Phi) is 2.70. The molecular formula is C12H13ClN4O. The van der Waals surface area contributed by atoms with E-state index in [1.807, 2.05) is 28.8 Å². The van der Waals surface area contributed by atoms with E-state index >= 15 is 0 Å². The summed E-state index contributed by atoms with van der Waals surface area (Å²) in [4.78, 5) is 13.3. The summed E-state index contributed by atoms with van der Waals surface area (Å²) in [7, 11) is 1.86. The van der Waals surface area contributed by atoms with Gasteiger partial charge in [0.25, 0.3) is 0 Å². The number of carbonyl (C=O) groups is 1. The Hall–Kier alpha value is -1.62. The average molecular weight is 265 g/mol. The highest BCUT2D eigenvalue weighted by Gasteiger charge is 2.28. The second-order valence-electron chi connectivity index (χ2n) is 4.61. The van der Waals surface area contributed by atoms with E-state index in [1.54, 1.807) is 6.07 Å². The minimum atomic E-state index is 0.214. The molecule has 3 rings (SSSR count). The lowest BCUT2D eigenvalue weighted by atomic mass is 10.2. The van der Waals surface area contributed by atoms with E-state index in [2.05, 4.69) is 10.2 Å². The van der Waals surface area contributed by atoms with Crippen LogP contribution in [0, 0.1) is 0 Å². The Morgan fingerprint density at radius 3 is 3.06 bits per heavy atom. The van der Waals surface area contributed by atoms with Crippen LogP contribution in [0.5, 0.6) is 0 Å². The summed E-state index contributed by atoms with van der Waals surface area (Å²) in [6.45, 7) is 0.752. The SMILES string of the molecule is CN1C(=O)CCC1Cn1ccc2cc(Cl)nnc21. The molecule has 0 aromatic carbocycles. The zero-order valence-electron chi connectivity index (χ0n) is 10.0. The Bertz CT molecular complexity index is 609. The molecule has 0 radical (unpaired) electrons. The van der Waals surface area contributed by atoms with Gasteiger partial charge in [-0.3, -0.25) is 4.79 Å². The molecule has 0 N–H and O–H groups in total. The maximum atomic E-state index is 11.5. The zero-order valence-corrected chi connectivity index (χ0v) is 10.8.